The predicted molar refractivity (Wildman–Crippen MR) is 62.5 cm³/mol. The van der Waals surface area contributed by atoms with Gasteiger partial charge in [-0.3, -0.25) is 14.7 Å². The summed E-state index contributed by atoms with van der Waals surface area (Å²) in [6.07, 6.45) is 1.66. The Labute approximate surface area is 103 Å². The molecule has 2 aromatic rings. The van der Waals surface area contributed by atoms with E-state index in [0.29, 0.717) is 5.56 Å². The molecule has 0 saturated carbocycles. The highest BCUT2D eigenvalue weighted by atomic mass is 16.6. The fourth-order valence-electron chi connectivity index (χ4n) is 2.11. The van der Waals surface area contributed by atoms with E-state index in [2.05, 4.69) is 14.9 Å². The first kappa shape index (κ1) is 10.7. The van der Waals surface area contributed by atoms with Crippen molar-refractivity contribution in [3.63, 3.8) is 0 Å². The lowest BCUT2D eigenvalue weighted by atomic mass is 9.95. The second kappa shape index (κ2) is 4.10. The topological polar surface area (TPSA) is 72.0 Å². The van der Waals surface area contributed by atoms with Gasteiger partial charge in [-0.1, -0.05) is 30.3 Å². The molecule has 1 fully saturated rings. The van der Waals surface area contributed by atoms with Crippen LogP contribution < -0.4 is 0 Å². The normalized spacial score (nSPS) is 19.0. The van der Waals surface area contributed by atoms with Gasteiger partial charge in [0.05, 0.1) is 24.2 Å². The molecule has 2 heterocycles. The number of ether oxygens (including phenoxy) is 1. The number of carbonyl (C=O) groups is 2. The Morgan fingerprint density at radius 3 is 2.67 bits per heavy atom. The molecule has 0 bridgehead atoms. The molecule has 0 amide bonds. The fraction of sp³-hybridized carbons (Fsp3) is 0.154. The summed E-state index contributed by atoms with van der Waals surface area (Å²) in [7, 11) is 0. The lowest BCUT2D eigenvalue weighted by Gasteiger charge is -2.05. The molecule has 0 radical (unpaired) electrons. The van der Waals surface area contributed by atoms with Crippen LogP contribution >= 0.6 is 0 Å². The Morgan fingerprint density at radius 2 is 2.00 bits per heavy atom. The largest absolute Gasteiger partial charge is 0.393 e. The van der Waals surface area contributed by atoms with Crippen molar-refractivity contribution < 1.29 is 14.3 Å². The molecule has 1 atom stereocenters. The van der Waals surface area contributed by atoms with Gasteiger partial charge in [-0.15, -0.1) is 0 Å². The lowest BCUT2D eigenvalue weighted by Crippen LogP contribution is -2.05. The van der Waals surface area contributed by atoms with E-state index in [1.807, 2.05) is 30.3 Å². The zero-order valence-corrected chi connectivity index (χ0v) is 9.42. The number of H-pyrrole nitrogens is 1. The van der Waals surface area contributed by atoms with E-state index in [1.54, 1.807) is 6.20 Å². The van der Waals surface area contributed by atoms with Gasteiger partial charge in [0.2, 0.25) is 0 Å². The number of hydrogen-bond acceptors (Lipinski definition) is 4. The highest BCUT2D eigenvalue weighted by molar-refractivity contribution is 5.98. The molecule has 1 aromatic carbocycles. The molecule has 0 spiro atoms. The van der Waals surface area contributed by atoms with Crippen molar-refractivity contribution in [2.75, 3.05) is 0 Å². The Morgan fingerprint density at radius 1 is 1.22 bits per heavy atom. The first-order valence-electron chi connectivity index (χ1n) is 5.59. The number of benzene rings is 1. The van der Waals surface area contributed by atoms with E-state index in [-0.39, 0.29) is 6.42 Å². The standard InChI is InChI=1S/C13H10N2O3/c16-11-6-9(13(17)18-11)10-7-14-15-12(10)8-4-2-1-3-5-8/h1-5,7,9H,6H2,(H,14,15). The van der Waals surface area contributed by atoms with Crippen LogP contribution in [0, 0.1) is 0 Å². The number of nitrogens with one attached hydrogen (secondary N) is 1. The molecule has 1 aliphatic rings. The van der Waals surface area contributed by atoms with Gasteiger partial charge in [-0.05, 0) is 5.56 Å². The summed E-state index contributed by atoms with van der Waals surface area (Å²) in [5.41, 5.74) is 2.39. The number of nitrogens with zero attached hydrogens (tertiary/aromatic N) is 1. The van der Waals surface area contributed by atoms with Gasteiger partial charge < -0.3 is 4.74 Å². The Balaban J connectivity index is 2.03. The molecule has 18 heavy (non-hydrogen) atoms. The Hall–Kier alpha value is -2.43. The molecule has 5 heteroatoms. The minimum absolute atomic E-state index is 0.0815. The second-order valence-electron chi connectivity index (χ2n) is 4.12. The number of aromatic amines is 1. The summed E-state index contributed by atoms with van der Waals surface area (Å²) in [6, 6.07) is 9.54. The summed E-state index contributed by atoms with van der Waals surface area (Å²) in [5.74, 6) is -1.53. The monoisotopic (exact) mass is 242 g/mol. The average Bonchev–Trinajstić information content (AvgIpc) is 2.96. The van der Waals surface area contributed by atoms with Crippen LogP contribution in [-0.2, 0) is 14.3 Å². The van der Waals surface area contributed by atoms with Crippen LogP contribution in [0.1, 0.15) is 17.9 Å². The molecule has 1 saturated heterocycles. The van der Waals surface area contributed by atoms with Gasteiger partial charge in [0.15, 0.2) is 0 Å². The Bertz CT molecular complexity index is 604. The SMILES string of the molecule is O=C1CC(c2cn[nH]c2-c2ccccc2)C(=O)O1. The molecule has 0 aliphatic carbocycles. The molecule has 1 unspecified atom stereocenters. The quantitative estimate of drug-likeness (QED) is 0.641. The minimum Gasteiger partial charge on any atom is -0.393 e. The number of aromatic nitrogens is 2. The summed E-state index contributed by atoms with van der Waals surface area (Å²) >= 11 is 0. The van der Waals surface area contributed by atoms with Crippen LogP contribution in [0.15, 0.2) is 36.5 Å². The van der Waals surface area contributed by atoms with E-state index in [1.165, 1.54) is 0 Å². The second-order valence-corrected chi connectivity index (χ2v) is 4.12. The molecular formula is C13H10N2O3. The minimum atomic E-state index is -0.550. The van der Waals surface area contributed by atoms with Gasteiger partial charge in [0, 0.05) is 5.56 Å². The third-order valence-corrected chi connectivity index (χ3v) is 2.98. The van der Waals surface area contributed by atoms with Crippen LogP contribution in [0.4, 0.5) is 0 Å². The molecule has 5 nitrogen and oxygen atoms in total. The molecule has 1 aromatic heterocycles. The van der Waals surface area contributed by atoms with Crippen LogP contribution in [-0.4, -0.2) is 22.1 Å². The molecule has 3 rings (SSSR count). The number of hydrogen-bond donors (Lipinski definition) is 1. The third kappa shape index (κ3) is 1.69. The van der Waals surface area contributed by atoms with Crippen LogP contribution in [0.25, 0.3) is 11.3 Å². The van der Waals surface area contributed by atoms with Crippen LogP contribution in [0.5, 0.6) is 0 Å². The number of esters is 2. The molecule has 1 aliphatic heterocycles. The maximum absolute atomic E-state index is 11.6. The van der Waals surface area contributed by atoms with Crippen molar-refractivity contribution in [1.82, 2.24) is 10.2 Å². The fourth-order valence-corrected chi connectivity index (χ4v) is 2.11. The number of carbonyl (C=O) groups excluding carboxylic acids is 2. The summed E-state index contributed by atoms with van der Waals surface area (Å²) in [6.45, 7) is 0. The molecule has 90 valence electrons. The number of rotatable bonds is 2. The number of cyclic esters (lactones) is 2. The van der Waals surface area contributed by atoms with Gasteiger partial charge >= 0.3 is 11.9 Å². The van der Waals surface area contributed by atoms with Gasteiger partial charge in [-0.2, -0.15) is 5.10 Å². The van der Waals surface area contributed by atoms with Crippen molar-refractivity contribution in [2.24, 2.45) is 0 Å². The van der Waals surface area contributed by atoms with E-state index >= 15 is 0 Å². The summed E-state index contributed by atoms with van der Waals surface area (Å²) in [4.78, 5) is 22.7. The van der Waals surface area contributed by atoms with Crippen molar-refractivity contribution >= 4 is 11.9 Å². The highest BCUT2D eigenvalue weighted by Gasteiger charge is 2.36. The van der Waals surface area contributed by atoms with E-state index in [0.717, 1.165) is 11.3 Å². The predicted octanol–water partition coefficient (Wildman–Crippen LogP) is 1.63. The first-order chi connectivity index (χ1) is 8.75. The third-order valence-electron chi connectivity index (χ3n) is 2.98. The molecular weight excluding hydrogens is 232 g/mol. The van der Waals surface area contributed by atoms with Gasteiger partial charge in [0.25, 0.3) is 0 Å². The van der Waals surface area contributed by atoms with Crippen LogP contribution in [0.2, 0.25) is 0 Å². The van der Waals surface area contributed by atoms with Gasteiger partial charge in [0.1, 0.15) is 0 Å². The summed E-state index contributed by atoms with van der Waals surface area (Å²) < 4.78 is 4.57. The van der Waals surface area contributed by atoms with Crippen molar-refractivity contribution in [1.29, 1.82) is 0 Å². The zero-order valence-electron chi connectivity index (χ0n) is 9.42. The maximum atomic E-state index is 11.6. The maximum Gasteiger partial charge on any atom is 0.321 e. The van der Waals surface area contributed by atoms with E-state index in [9.17, 15) is 9.59 Å². The van der Waals surface area contributed by atoms with Crippen molar-refractivity contribution in [3.8, 4) is 11.3 Å². The Kier molecular flexibility index (Phi) is 2.44. The summed E-state index contributed by atoms with van der Waals surface area (Å²) in [5, 5.41) is 6.82. The van der Waals surface area contributed by atoms with Gasteiger partial charge in [-0.25, -0.2) is 0 Å². The first-order valence-corrected chi connectivity index (χ1v) is 5.59. The smallest absolute Gasteiger partial charge is 0.321 e. The van der Waals surface area contributed by atoms with E-state index < -0.39 is 17.9 Å². The highest BCUT2D eigenvalue weighted by Crippen LogP contribution is 2.33. The zero-order chi connectivity index (χ0) is 12.5. The van der Waals surface area contributed by atoms with Crippen molar-refractivity contribution in [3.05, 3.63) is 42.1 Å². The average molecular weight is 242 g/mol. The van der Waals surface area contributed by atoms with E-state index in [4.69, 9.17) is 0 Å². The molecule has 1 N–H and O–H groups in total. The lowest BCUT2D eigenvalue weighted by molar-refractivity contribution is -0.152. The van der Waals surface area contributed by atoms with Crippen LogP contribution in [0.3, 0.4) is 0 Å². The van der Waals surface area contributed by atoms with Crippen molar-refractivity contribution in [2.45, 2.75) is 12.3 Å².